The minimum absolute atomic E-state index is 0.0649. The first-order chi connectivity index (χ1) is 8.48. The molecule has 2 heteroatoms. The van der Waals surface area contributed by atoms with Crippen LogP contribution in [0, 0.1) is 11.3 Å². The number of aliphatic hydroxyl groups is 1. The Labute approximate surface area is 113 Å². The highest BCUT2D eigenvalue weighted by molar-refractivity contribution is 4.86. The summed E-state index contributed by atoms with van der Waals surface area (Å²) in [4.78, 5) is 2.59. The fraction of sp³-hybridized carbons (Fsp3) is 1.00. The van der Waals surface area contributed by atoms with E-state index >= 15 is 0 Å². The Morgan fingerprint density at radius 3 is 2.28 bits per heavy atom. The number of hydrogen-bond acceptors (Lipinski definition) is 2. The summed E-state index contributed by atoms with van der Waals surface area (Å²) in [7, 11) is 0. The van der Waals surface area contributed by atoms with Gasteiger partial charge in [0, 0.05) is 6.04 Å². The molecule has 1 N–H and O–H groups in total. The van der Waals surface area contributed by atoms with Gasteiger partial charge in [0.25, 0.3) is 0 Å². The van der Waals surface area contributed by atoms with Crippen molar-refractivity contribution >= 4 is 0 Å². The van der Waals surface area contributed by atoms with E-state index in [1.165, 1.54) is 51.6 Å². The molecule has 2 rings (SSSR count). The summed E-state index contributed by atoms with van der Waals surface area (Å²) >= 11 is 0. The molecule has 0 aromatic heterocycles. The molecular weight excluding hydrogens is 222 g/mol. The van der Waals surface area contributed by atoms with E-state index < -0.39 is 0 Å². The summed E-state index contributed by atoms with van der Waals surface area (Å²) in [6.45, 7) is 9.53. The van der Waals surface area contributed by atoms with Crippen LogP contribution >= 0.6 is 0 Å². The van der Waals surface area contributed by atoms with E-state index in [4.69, 9.17) is 0 Å². The second kappa shape index (κ2) is 5.92. The van der Waals surface area contributed by atoms with Crippen LogP contribution in [0.15, 0.2) is 0 Å². The van der Waals surface area contributed by atoms with Crippen LogP contribution in [-0.2, 0) is 0 Å². The zero-order valence-corrected chi connectivity index (χ0v) is 12.5. The molecule has 0 spiro atoms. The molecule has 3 atom stereocenters. The predicted octanol–water partition coefficient (Wildman–Crippen LogP) is 3.44. The summed E-state index contributed by atoms with van der Waals surface area (Å²) in [6, 6.07) is 0.456. The van der Waals surface area contributed by atoms with Crippen molar-refractivity contribution in [3.8, 4) is 0 Å². The first-order valence-electron chi connectivity index (χ1n) is 7.90. The second-order valence-corrected chi connectivity index (χ2v) is 7.45. The Kier molecular flexibility index (Phi) is 4.71. The lowest BCUT2D eigenvalue weighted by Crippen LogP contribution is -2.46. The quantitative estimate of drug-likeness (QED) is 0.774. The molecule has 106 valence electrons. The number of nitrogens with zero attached hydrogens (tertiary/aromatic N) is 1. The van der Waals surface area contributed by atoms with Crippen molar-refractivity contribution in [2.24, 2.45) is 11.3 Å². The first-order valence-corrected chi connectivity index (χ1v) is 7.90. The zero-order valence-electron chi connectivity index (χ0n) is 12.5. The third-order valence-corrected chi connectivity index (χ3v) is 5.15. The summed E-state index contributed by atoms with van der Waals surface area (Å²) in [6.07, 6.45) is 8.67. The van der Waals surface area contributed by atoms with E-state index in [1.54, 1.807) is 0 Å². The normalized spacial score (nSPS) is 36.3. The molecule has 2 fully saturated rings. The minimum Gasteiger partial charge on any atom is -0.391 e. The van der Waals surface area contributed by atoms with Crippen molar-refractivity contribution in [2.45, 2.75) is 77.9 Å². The summed E-state index contributed by atoms with van der Waals surface area (Å²) < 4.78 is 0. The van der Waals surface area contributed by atoms with E-state index in [0.29, 0.717) is 11.5 Å². The van der Waals surface area contributed by atoms with Crippen molar-refractivity contribution in [3.63, 3.8) is 0 Å². The van der Waals surface area contributed by atoms with Gasteiger partial charge >= 0.3 is 0 Å². The second-order valence-electron chi connectivity index (χ2n) is 7.45. The van der Waals surface area contributed by atoms with E-state index in [0.717, 1.165) is 12.3 Å². The average molecular weight is 253 g/mol. The molecule has 0 radical (unpaired) electrons. The van der Waals surface area contributed by atoms with Crippen molar-refractivity contribution < 1.29 is 5.11 Å². The van der Waals surface area contributed by atoms with E-state index in [-0.39, 0.29) is 6.10 Å². The fourth-order valence-electron chi connectivity index (χ4n) is 3.83. The smallest absolute Gasteiger partial charge is 0.0695 e. The van der Waals surface area contributed by atoms with Crippen LogP contribution in [0.4, 0.5) is 0 Å². The van der Waals surface area contributed by atoms with Gasteiger partial charge < -0.3 is 5.11 Å². The summed E-state index contributed by atoms with van der Waals surface area (Å²) in [5.74, 6) is 0.850. The van der Waals surface area contributed by atoms with Crippen molar-refractivity contribution in [3.05, 3.63) is 0 Å². The SMILES string of the molecule is CC(C)(C)C1CCCN(C2CCCCC2O)CC1. The molecular formula is C16H31NO. The number of rotatable bonds is 1. The molecule has 1 heterocycles. The first kappa shape index (κ1) is 14.3. The standard InChI is InChI=1S/C16H31NO/c1-16(2,3)13-7-6-11-17(12-10-13)14-8-4-5-9-15(14)18/h13-15,18H,4-12H2,1-3H3. The lowest BCUT2D eigenvalue weighted by Gasteiger charge is -2.37. The molecule has 1 saturated carbocycles. The number of aliphatic hydroxyl groups excluding tert-OH is 1. The molecule has 1 saturated heterocycles. The highest BCUT2D eigenvalue weighted by Crippen LogP contribution is 2.35. The summed E-state index contributed by atoms with van der Waals surface area (Å²) in [5, 5.41) is 10.2. The molecule has 0 bridgehead atoms. The molecule has 0 aromatic carbocycles. The van der Waals surface area contributed by atoms with Crippen molar-refractivity contribution in [1.82, 2.24) is 4.90 Å². The van der Waals surface area contributed by atoms with E-state index in [9.17, 15) is 5.11 Å². The van der Waals surface area contributed by atoms with Gasteiger partial charge in [-0.25, -0.2) is 0 Å². The van der Waals surface area contributed by atoms with E-state index in [2.05, 4.69) is 25.7 Å². The maximum Gasteiger partial charge on any atom is 0.0695 e. The van der Waals surface area contributed by atoms with Crippen molar-refractivity contribution in [2.75, 3.05) is 13.1 Å². The molecule has 0 aromatic rings. The lowest BCUT2D eigenvalue weighted by atomic mass is 9.77. The molecule has 1 aliphatic heterocycles. The number of hydrogen-bond donors (Lipinski definition) is 1. The van der Waals surface area contributed by atoms with Gasteiger partial charge in [0.15, 0.2) is 0 Å². The third-order valence-electron chi connectivity index (χ3n) is 5.15. The molecule has 2 nitrogen and oxygen atoms in total. The Morgan fingerprint density at radius 2 is 1.61 bits per heavy atom. The van der Waals surface area contributed by atoms with E-state index in [1.807, 2.05) is 0 Å². The van der Waals surface area contributed by atoms with Crippen molar-refractivity contribution in [1.29, 1.82) is 0 Å². The van der Waals surface area contributed by atoms with Gasteiger partial charge in [0.2, 0.25) is 0 Å². The van der Waals surface area contributed by atoms with Gasteiger partial charge in [0.1, 0.15) is 0 Å². The molecule has 1 aliphatic carbocycles. The monoisotopic (exact) mass is 253 g/mol. The van der Waals surface area contributed by atoms with Crippen LogP contribution in [0.2, 0.25) is 0 Å². The predicted molar refractivity (Wildman–Crippen MR) is 76.6 cm³/mol. The molecule has 18 heavy (non-hydrogen) atoms. The maximum absolute atomic E-state index is 10.2. The Morgan fingerprint density at radius 1 is 0.889 bits per heavy atom. The maximum atomic E-state index is 10.2. The zero-order chi connectivity index (χ0) is 13.2. The molecule has 2 aliphatic rings. The van der Waals surface area contributed by atoms with Crippen LogP contribution < -0.4 is 0 Å². The molecule has 3 unspecified atom stereocenters. The fourth-order valence-corrected chi connectivity index (χ4v) is 3.83. The van der Waals surface area contributed by atoms with Gasteiger partial charge in [-0.15, -0.1) is 0 Å². The Bertz CT molecular complexity index is 258. The van der Waals surface area contributed by atoms with Crippen LogP contribution in [0.3, 0.4) is 0 Å². The van der Waals surface area contributed by atoms with Gasteiger partial charge in [-0.1, -0.05) is 33.6 Å². The topological polar surface area (TPSA) is 23.5 Å². The van der Waals surface area contributed by atoms with Gasteiger partial charge in [0.05, 0.1) is 6.10 Å². The van der Waals surface area contributed by atoms with Crippen LogP contribution in [0.1, 0.15) is 65.7 Å². The Hall–Kier alpha value is -0.0800. The van der Waals surface area contributed by atoms with Gasteiger partial charge in [-0.05, 0) is 56.5 Å². The largest absolute Gasteiger partial charge is 0.391 e. The highest BCUT2D eigenvalue weighted by Gasteiger charge is 2.32. The minimum atomic E-state index is -0.0649. The summed E-state index contributed by atoms with van der Waals surface area (Å²) in [5.41, 5.74) is 0.446. The average Bonchev–Trinajstić information content (AvgIpc) is 2.54. The van der Waals surface area contributed by atoms with Crippen LogP contribution in [0.5, 0.6) is 0 Å². The molecule has 0 amide bonds. The van der Waals surface area contributed by atoms with Gasteiger partial charge in [-0.2, -0.15) is 0 Å². The highest BCUT2D eigenvalue weighted by atomic mass is 16.3. The third kappa shape index (κ3) is 3.48. The number of likely N-dealkylation sites (tertiary alicyclic amines) is 1. The van der Waals surface area contributed by atoms with Crippen LogP contribution in [0.25, 0.3) is 0 Å². The Balaban J connectivity index is 1.92. The van der Waals surface area contributed by atoms with Gasteiger partial charge in [-0.3, -0.25) is 4.90 Å². The van der Waals surface area contributed by atoms with Crippen LogP contribution in [-0.4, -0.2) is 35.2 Å². The lowest BCUT2D eigenvalue weighted by molar-refractivity contribution is 0.0201.